The van der Waals surface area contributed by atoms with E-state index in [4.69, 9.17) is 4.55 Å². The predicted molar refractivity (Wildman–Crippen MR) is 110 cm³/mol. The zero-order valence-electron chi connectivity index (χ0n) is 16.8. The van der Waals surface area contributed by atoms with E-state index in [0.29, 0.717) is 6.54 Å². The molecule has 0 aliphatic rings. The summed E-state index contributed by atoms with van der Waals surface area (Å²) >= 11 is 0. The van der Waals surface area contributed by atoms with Gasteiger partial charge in [-0.1, -0.05) is 17.2 Å². The lowest BCUT2D eigenvalue weighted by atomic mass is 10.1. The Labute approximate surface area is 169 Å². The number of likely N-dealkylation sites (N-methyl/N-ethyl adjacent to an activating group) is 1. The molecule has 2 aromatic carbocycles. The number of aromatic nitrogens is 2. The van der Waals surface area contributed by atoms with Crippen molar-refractivity contribution in [2.45, 2.75) is 6.92 Å². The molecule has 1 N–H and O–H groups in total. The topological polar surface area (TPSA) is 100 Å². The van der Waals surface area contributed by atoms with Crippen LogP contribution in [0.5, 0.6) is 0 Å². The minimum Gasteiger partial charge on any atom is -0.372 e. The van der Waals surface area contributed by atoms with Gasteiger partial charge in [-0.05, 0) is 42.8 Å². The summed E-state index contributed by atoms with van der Waals surface area (Å²) in [5, 5.41) is 8.86. The molecule has 29 heavy (non-hydrogen) atoms. The van der Waals surface area contributed by atoms with Gasteiger partial charge in [0.2, 0.25) is 0 Å². The van der Waals surface area contributed by atoms with Crippen LogP contribution in [0.15, 0.2) is 52.7 Å². The number of para-hydroxylation sites is 2. The van der Waals surface area contributed by atoms with Gasteiger partial charge in [0.15, 0.2) is 0 Å². The summed E-state index contributed by atoms with van der Waals surface area (Å²) in [6, 6.07) is 13.7. The van der Waals surface area contributed by atoms with Gasteiger partial charge in [0.05, 0.1) is 20.7 Å². The van der Waals surface area contributed by atoms with Crippen LogP contribution in [0.4, 0.5) is 17.3 Å². The highest BCUT2D eigenvalue weighted by Crippen LogP contribution is 2.26. The predicted octanol–water partition coefficient (Wildman–Crippen LogP) is 2.98. The second kappa shape index (κ2) is 8.27. The Hall–Kier alpha value is -2.82. The largest absolute Gasteiger partial charge is 0.422 e. The molecule has 10 heteroatoms. The molecule has 3 rings (SSSR count). The molecule has 0 saturated heterocycles. The number of hydrogen-bond donors (Lipinski definition) is 1. The molecule has 1 heterocycles. The highest BCUT2D eigenvalue weighted by Gasteiger charge is 2.19. The van der Waals surface area contributed by atoms with Crippen LogP contribution < -0.4 is 9.47 Å². The number of hydrogen-bond acceptors (Lipinski definition) is 6. The lowest BCUT2D eigenvalue weighted by Crippen LogP contribution is -2.26. The summed E-state index contributed by atoms with van der Waals surface area (Å²) in [5.41, 5.74) is 4.68. The smallest absolute Gasteiger partial charge is 0.372 e. The molecule has 9 nitrogen and oxygen atoms in total. The first-order valence-electron chi connectivity index (χ1n) is 8.96. The Balaban J connectivity index is 1.78. The van der Waals surface area contributed by atoms with Crippen molar-refractivity contribution in [1.29, 1.82) is 0 Å². The van der Waals surface area contributed by atoms with E-state index >= 15 is 0 Å². The number of anilines is 1. The van der Waals surface area contributed by atoms with Crippen LogP contribution in [0.3, 0.4) is 0 Å². The van der Waals surface area contributed by atoms with E-state index in [1.807, 2.05) is 77.5 Å². The lowest BCUT2D eigenvalue weighted by molar-refractivity contribution is -0.632. The van der Waals surface area contributed by atoms with Gasteiger partial charge in [-0.2, -0.15) is 8.42 Å². The van der Waals surface area contributed by atoms with E-state index in [0.717, 1.165) is 33.9 Å². The van der Waals surface area contributed by atoms with E-state index in [9.17, 15) is 8.42 Å². The average molecular weight is 418 g/mol. The molecule has 0 amide bonds. The second-order valence-corrected chi connectivity index (χ2v) is 7.84. The van der Waals surface area contributed by atoms with E-state index in [1.54, 1.807) is 7.05 Å². The quantitative estimate of drug-likeness (QED) is 0.361. The Morgan fingerprint density at radius 1 is 1.21 bits per heavy atom. The normalized spacial score (nSPS) is 12.2. The van der Waals surface area contributed by atoms with Gasteiger partial charge in [0.1, 0.15) is 16.7 Å². The molecule has 0 aliphatic carbocycles. The number of nitrogens with zero attached hydrogens (tertiary/aromatic N) is 5. The van der Waals surface area contributed by atoms with Crippen LogP contribution in [0, 0.1) is 6.92 Å². The van der Waals surface area contributed by atoms with Gasteiger partial charge in [-0.25, -0.2) is 13.3 Å². The first-order valence-corrected chi connectivity index (χ1v) is 10.3. The van der Waals surface area contributed by atoms with Crippen LogP contribution in [-0.2, 0) is 28.7 Å². The van der Waals surface area contributed by atoms with Crippen molar-refractivity contribution in [2.24, 2.45) is 24.3 Å². The summed E-state index contributed by atoms with van der Waals surface area (Å²) in [5.74, 6) is 0.731. The number of rotatable bonds is 7. The molecule has 3 aromatic rings. The van der Waals surface area contributed by atoms with Crippen molar-refractivity contribution in [3.63, 3.8) is 0 Å². The molecule has 0 aliphatic heterocycles. The van der Waals surface area contributed by atoms with E-state index < -0.39 is 10.4 Å². The van der Waals surface area contributed by atoms with Crippen molar-refractivity contribution in [3.8, 4) is 0 Å². The van der Waals surface area contributed by atoms with Crippen molar-refractivity contribution in [2.75, 3.05) is 25.1 Å². The van der Waals surface area contributed by atoms with Crippen molar-refractivity contribution in [1.82, 2.24) is 4.57 Å². The summed E-state index contributed by atoms with van der Waals surface area (Å²) in [6.07, 6.45) is 0. The van der Waals surface area contributed by atoms with Gasteiger partial charge < -0.3 is 4.90 Å². The molecule has 1 aromatic heterocycles. The van der Waals surface area contributed by atoms with Crippen LogP contribution in [-0.4, -0.2) is 37.7 Å². The third-order valence-electron chi connectivity index (χ3n) is 4.73. The first-order chi connectivity index (χ1) is 13.7. The third-order valence-corrected chi connectivity index (χ3v) is 5.20. The van der Waals surface area contributed by atoms with E-state index in [1.165, 1.54) is 0 Å². The molecule has 0 radical (unpaired) electrons. The minimum atomic E-state index is -4.43. The maximum atomic E-state index is 10.6. The van der Waals surface area contributed by atoms with Crippen LogP contribution in [0.25, 0.3) is 11.0 Å². The molecule has 0 spiro atoms. The molecular weight excluding hydrogens is 394 g/mol. The molecule has 0 saturated carbocycles. The Morgan fingerprint density at radius 2 is 1.93 bits per heavy atom. The van der Waals surface area contributed by atoms with E-state index in [-0.39, 0.29) is 6.61 Å². The van der Waals surface area contributed by atoms with Crippen LogP contribution in [0.1, 0.15) is 5.56 Å². The second-order valence-electron chi connectivity index (χ2n) is 6.75. The fraction of sp³-hybridized carbons (Fsp3) is 0.316. The van der Waals surface area contributed by atoms with Gasteiger partial charge in [-0.3, -0.25) is 4.55 Å². The highest BCUT2D eigenvalue weighted by molar-refractivity contribution is 7.80. The maximum absolute atomic E-state index is 10.6. The summed E-state index contributed by atoms with van der Waals surface area (Å²) in [7, 11) is 1.29. The first kappa shape index (κ1) is 20.9. The Bertz CT molecular complexity index is 1130. The third kappa shape index (κ3) is 4.78. The van der Waals surface area contributed by atoms with Crippen molar-refractivity contribution < 1.29 is 21.7 Å². The summed E-state index contributed by atoms with van der Waals surface area (Å²) < 4.78 is 38.2. The monoisotopic (exact) mass is 418 g/mol. The molecular formula is C19H24N5O4S+. The standard InChI is InChI=1S/C19H23N5O4S/c1-14-13-15(22(2)11-12-28-29(25,26)27)9-10-16(14)20-21-19-23(3)17-7-5-6-8-18(17)24(19)4/h5-10,13H,11-12H2,1-4H3/p+1. The zero-order chi connectivity index (χ0) is 21.2. The van der Waals surface area contributed by atoms with Crippen molar-refractivity contribution in [3.05, 3.63) is 48.0 Å². The molecule has 0 bridgehead atoms. The minimum absolute atomic E-state index is 0.145. The van der Waals surface area contributed by atoms with Gasteiger partial charge in [-0.15, -0.1) is 0 Å². The zero-order valence-corrected chi connectivity index (χ0v) is 17.6. The number of fused-ring (bicyclic) bond motifs is 1. The van der Waals surface area contributed by atoms with Crippen molar-refractivity contribution >= 4 is 38.8 Å². The summed E-state index contributed by atoms with van der Waals surface area (Å²) in [4.78, 5) is 1.82. The Kier molecular flexibility index (Phi) is 5.96. The average Bonchev–Trinajstić information content (AvgIpc) is 2.90. The maximum Gasteiger partial charge on any atom is 0.422 e. The van der Waals surface area contributed by atoms with Gasteiger partial charge in [0.25, 0.3) is 0 Å². The van der Waals surface area contributed by atoms with Gasteiger partial charge in [0, 0.05) is 24.4 Å². The molecule has 0 fully saturated rings. The lowest BCUT2D eigenvalue weighted by Gasteiger charge is -2.19. The number of aryl methyl sites for hydroxylation is 3. The Morgan fingerprint density at radius 3 is 2.59 bits per heavy atom. The highest BCUT2D eigenvalue weighted by atomic mass is 32.3. The van der Waals surface area contributed by atoms with Crippen LogP contribution in [0.2, 0.25) is 0 Å². The summed E-state index contributed by atoms with van der Waals surface area (Å²) in [6.45, 7) is 2.08. The number of azo groups is 1. The fourth-order valence-electron chi connectivity index (χ4n) is 3.10. The van der Waals surface area contributed by atoms with Crippen LogP contribution >= 0.6 is 0 Å². The van der Waals surface area contributed by atoms with E-state index in [2.05, 4.69) is 14.4 Å². The van der Waals surface area contributed by atoms with Gasteiger partial charge >= 0.3 is 16.3 Å². The number of imidazole rings is 1. The molecule has 0 atom stereocenters. The molecule has 0 unspecified atom stereocenters. The SMILES string of the molecule is Cc1cc(N(C)CCOS(=O)(=O)O)ccc1N=Nc1n(C)c2ccccc2[n+]1C. The molecule has 154 valence electrons. The fourth-order valence-corrected chi connectivity index (χ4v) is 3.39. The number of benzene rings is 2.